The quantitative estimate of drug-likeness (QED) is 0.548. The largest absolute Gasteiger partial charge is 0.387 e. The normalized spacial score (nSPS) is 26.2. The number of carbonyl (C=O) groups is 1. The molecule has 0 bridgehead atoms. The van der Waals surface area contributed by atoms with Crippen LogP contribution < -0.4 is 5.73 Å². The van der Waals surface area contributed by atoms with Crippen LogP contribution in [0.5, 0.6) is 0 Å². The maximum atomic E-state index is 12.4. The molecule has 0 aromatic rings. The molecule has 1 unspecified atom stereocenters. The first kappa shape index (κ1) is 13.2. The molecule has 2 saturated heterocycles. The molecule has 0 aromatic carbocycles. The van der Waals surface area contributed by atoms with Crippen molar-refractivity contribution in [3.8, 4) is 0 Å². The van der Waals surface area contributed by atoms with Crippen LogP contribution in [0.3, 0.4) is 0 Å². The van der Waals surface area contributed by atoms with Gasteiger partial charge in [-0.25, -0.2) is 4.79 Å². The fourth-order valence-electron chi connectivity index (χ4n) is 2.80. The molecular formula is C13H24N4O. The van der Waals surface area contributed by atoms with E-state index in [0.29, 0.717) is 6.54 Å². The van der Waals surface area contributed by atoms with Crippen LogP contribution in [0.25, 0.3) is 0 Å². The number of amidine groups is 1. The number of piperidine rings is 2. The van der Waals surface area contributed by atoms with E-state index in [1.807, 2.05) is 9.80 Å². The lowest BCUT2D eigenvalue weighted by Crippen LogP contribution is -2.51. The second-order valence-corrected chi connectivity index (χ2v) is 5.69. The summed E-state index contributed by atoms with van der Waals surface area (Å²) in [6.07, 6.45) is 4.11. The summed E-state index contributed by atoms with van der Waals surface area (Å²) >= 11 is 0. The van der Waals surface area contributed by atoms with Crippen molar-refractivity contribution in [1.29, 1.82) is 5.41 Å². The van der Waals surface area contributed by atoms with Gasteiger partial charge in [-0.2, -0.15) is 0 Å². The Morgan fingerprint density at radius 2 is 1.83 bits per heavy atom. The summed E-state index contributed by atoms with van der Waals surface area (Å²) in [6, 6.07) is 0.146. The SMILES string of the molecule is CC1CCN(C(=O)N2CCCC(C(=N)N)C2)CC1. The molecule has 0 saturated carbocycles. The summed E-state index contributed by atoms with van der Waals surface area (Å²) in [5, 5.41) is 7.52. The smallest absolute Gasteiger partial charge is 0.320 e. The number of likely N-dealkylation sites (tertiary alicyclic amines) is 2. The Hall–Kier alpha value is -1.26. The molecule has 5 nitrogen and oxygen atoms in total. The minimum atomic E-state index is 0.0615. The van der Waals surface area contributed by atoms with E-state index in [1.54, 1.807) is 0 Å². The van der Waals surface area contributed by atoms with Crippen LogP contribution in [0.15, 0.2) is 0 Å². The average molecular weight is 252 g/mol. The number of urea groups is 1. The van der Waals surface area contributed by atoms with Gasteiger partial charge >= 0.3 is 6.03 Å². The molecule has 2 aliphatic heterocycles. The molecule has 2 aliphatic rings. The van der Waals surface area contributed by atoms with Gasteiger partial charge in [0, 0.05) is 32.1 Å². The van der Waals surface area contributed by atoms with E-state index in [0.717, 1.165) is 51.2 Å². The summed E-state index contributed by atoms with van der Waals surface area (Å²) in [6.45, 7) is 5.44. The zero-order valence-corrected chi connectivity index (χ0v) is 11.2. The molecule has 0 aromatic heterocycles. The highest BCUT2D eigenvalue weighted by Crippen LogP contribution is 2.21. The summed E-state index contributed by atoms with van der Waals surface area (Å²) in [5.41, 5.74) is 5.56. The lowest BCUT2D eigenvalue weighted by Gasteiger charge is -2.38. The second-order valence-electron chi connectivity index (χ2n) is 5.69. The van der Waals surface area contributed by atoms with Crippen LogP contribution in [0.2, 0.25) is 0 Å². The number of nitrogens with one attached hydrogen (secondary N) is 1. The summed E-state index contributed by atoms with van der Waals surface area (Å²) < 4.78 is 0. The van der Waals surface area contributed by atoms with E-state index in [4.69, 9.17) is 11.1 Å². The van der Waals surface area contributed by atoms with E-state index in [-0.39, 0.29) is 17.8 Å². The molecule has 3 N–H and O–H groups in total. The van der Waals surface area contributed by atoms with E-state index in [1.165, 1.54) is 0 Å². The summed E-state index contributed by atoms with van der Waals surface area (Å²) in [5.74, 6) is 1.02. The third kappa shape index (κ3) is 2.94. The fraction of sp³-hybridized carbons (Fsp3) is 0.846. The molecule has 0 aliphatic carbocycles. The minimum Gasteiger partial charge on any atom is -0.387 e. The van der Waals surface area contributed by atoms with Gasteiger partial charge in [0.25, 0.3) is 0 Å². The van der Waals surface area contributed by atoms with Crippen molar-refractivity contribution in [2.24, 2.45) is 17.6 Å². The lowest BCUT2D eigenvalue weighted by molar-refractivity contribution is 0.122. The molecule has 5 heteroatoms. The van der Waals surface area contributed by atoms with Gasteiger partial charge in [0.15, 0.2) is 0 Å². The first-order valence-corrected chi connectivity index (χ1v) is 6.95. The van der Waals surface area contributed by atoms with E-state index in [2.05, 4.69) is 6.92 Å². The summed E-state index contributed by atoms with van der Waals surface area (Å²) in [7, 11) is 0. The van der Waals surface area contributed by atoms with E-state index >= 15 is 0 Å². The van der Waals surface area contributed by atoms with Crippen molar-refractivity contribution in [3.63, 3.8) is 0 Å². The minimum absolute atomic E-state index is 0.0615. The van der Waals surface area contributed by atoms with Crippen LogP contribution in [0.4, 0.5) is 4.79 Å². The van der Waals surface area contributed by atoms with Crippen molar-refractivity contribution in [2.75, 3.05) is 26.2 Å². The van der Waals surface area contributed by atoms with Crippen LogP contribution in [-0.2, 0) is 0 Å². The van der Waals surface area contributed by atoms with Crippen LogP contribution in [0, 0.1) is 17.2 Å². The first-order chi connectivity index (χ1) is 8.58. The van der Waals surface area contributed by atoms with Crippen LogP contribution >= 0.6 is 0 Å². The Morgan fingerprint density at radius 1 is 1.17 bits per heavy atom. The number of nitrogens with two attached hydrogens (primary N) is 1. The highest BCUT2D eigenvalue weighted by molar-refractivity contribution is 5.81. The molecule has 1 atom stereocenters. The Labute approximate surface area is 109 Å². The molecule has 2 amide bonds. The predicted octanol–water partition coefficient (Wildman–Crippen LogP) is 1.49. The van der Waals surface area contributed by atoms with E-state index < -0.39 is 0 Å². The van der Waals surface area contributed by atoms with Gasteiger partial charge in [-0.05, 0) is 31.6 Å². The molecule has 2 rings (SSSR count). The molecule has 0 radical (unpaired) electrons. The van der Waals surface area contributed by atoms with E-state index in [9.17, 15) is 4.79 Å². The average Bonchev–Trinajstić information content (AvgIpc) is 2.39. The maximum absolute atomic E-state index is 12.4. The van der Waals surface area contributed by atoms with Gasteiger partial charge < -0.3 is 15.5 Å². The molecule has 2 fully saturated rings. The number of hydrogen-bond donors (Lipinski definition) is 2. The topological polar surface area (TPSA) is 73.4 Å². The monoisotopic (exact) mass is 252 g/mol. The molecule has 102 valence electrons. The van der Waals surface area contributed by atoms with Gasteiger partial charge in [-0.1, -0.05) is 6.92 Å². The molecule has 18 heavy (non-hydrogen) atoms. The fourth-order valence-corrected chi connectivity index (χ4v) is 2.80. The third-order valence-electron chi connectivity index (χ3n) is 4.19. The highest BCUT2D eigenvalue weighted by atomic mass is 16.2. The van der Waals surface area contributed by atoms with Gasteiger partial charge in [-0.3, -0.25) is 5.41 Å². The molecule has 2 heterocycles. The van der Waals surface area contributed by atoms with Crippen LogP contribution in [0.1, 0.15) is 32.6 Å². The van der Waals surface area contributed by atoms with Gasteiger partial charge in [0.2, 0.25) is 0 Å². The van der Waals surface area contributed by atoms with Gasteiger partial charge in [0.05, 0.1) is 5.84 Å². The van der Waals surface area contributed by atoms with Crippen molar-refractivity contribution >= 4 is 11.9 Å². The molecule has 0 spiro atoms. The Morgan fingerprint density at radius 3 is 2.44 bits per heavy atom. The standard InChI is InChI=1S/C13H24N4O/c1-10-4-7-16(8-5-10)13(18)17-6-2-3-11(9-17)12(14)15/h10-11H,2-9H2,1H3,(H3,14,15). The number of nitrogens with zero attached hydrogens (tertiary/aromatic N) is 2. The Kier molecular flexibility index (Phi) is 4.09. The zero-order valence-electron chi connectivity index (χ0n) is 11.2. The van der Waals surface area contributed by atoms with Crippen molar-refractivity contribution in [3.05, 3.63) is 0 Å². The first-order valence-electron chi connectivity index (χ1n) is 6.95. The zero-order chi connectivity index (χ0) is 13.1. The number of amides is 2. The predicted molar refractivity (Wildman–Crippen MR) is 71.6 cm³/mol. The van der Waals surface area contributed by atoms with Crippen LogP contribution in [-0.4, -0.2) is 47.8 Å². The third-order valence-corrected chi connectivity index (χ3v) is 4.19. The summed E-state index contributed by atoms with van der Waals surface area (Å²) in [4.78, 5) is 16.2. The lowest BCUT2D eigenvalue weighted by atomic mass is 9.97. The Bertz CT molecular complexity index is 323. The Balaban J connectivity index is 1.90. The van der Waals surface area contributed by atoms with Gasteiger partial charge in [0.1, 0.15) is 0 Å². The number of rotatable bonds is 1. The van der Waals surface area contributed by atoms with Gasteiger partial charge in [-0.15, -0.1) is 0 Å². The maximum Gasteiger partial charge on any atom is 0.320 e. The van der Waals surface area contributed by atoms with Crippen molar-refractivity contribution < 1.29 is 4.79 Å². The number of hydrogen-bond acceptors (Lipinski definition) is 2. The van der Waals surface area contributed by atoms with Crippen molar-refractivity contribution in [1.82, 2.24) is 9.80 Å². The molecular weight excluding hydrogens is 228 g/mol. The number of carbonyl (C=O) groups excluding carboxylic acids is 1. The van der Waals surface area contributed by atoms with Crippen molar-refractivity contribution in [2.45, 2.75) is 32.6 Å². The second kappa shape index (κ2) is 5.59. The highest BCUT2D eigenvalue weighted by Gasteiger charge is 2.29.